The summed E-state index contributed by atoms with van der Waals surface area (Å²) in [7, 11) is 0. The van der Waals surface area contributed by atoms with Crippen molar-refractivity contribution in [2.45, 2.75) is 18.9 Å². The van der Waals surface area contributed by atoms with Crippen LogP contribution >= 0.6 is 31.9 Å². The highest BCUT2D eigenvalue weighted by Crippen LogP contribution is 2.25. The molecule has 0 spiro atoms. The predicted molar refractivity (Wildman–Crippen MR) is 65.1 cm³/mol. The Hall–Kier alpha value is 0.1000. The van der Waals surface area contributed by atoms with Crippen LogP contribution < -0.4 is 5.73 Å². The van der Waals surface area contributed by atoms with Gasteiger partial charge in [0, 0.05) is 21.6 Å². The Balaban J connectivity index is 2.73. The molecule has 0 saturated heterocycles. The van der Waals surface area contributed by atoms with Gasteiger partial charge < -0.3 is 10.8 Å². The van der Waals surface area contributed by atoms with Gasteiger partial charge in [0.1, 0.15) is 0 Å². The SMILES string of the molecule is N[C@H](CCCO)c1cc(Br)cc(Br)c1. The smallest absolute Gasteiger partial charge is 0.0431 e. The minimum atomic E-state index is -0.00375. The quantitative estimate of drug-likeness (QED) is 0.895. The Bertz CT molecular complexity index is 284. The highest BCUT2D eigenvalue weighted by atomic mass is 79.9. The second-order valence-corrected chi connectivity index (χ2v) is 5.01. The van der Waals surface area contributed by atoms with E-state index < -0.39 is 0 Å². The topological polar surface area (TPSA) is 46.2 Å². The van der Waals surface area contributed by atoms with Gasteiger partial charge in [0.25, 0.3) is 0 Å². The molecule has 0 radical (unpaired) electrons. The summed E-state index contributed by atoms with van der Waals surface area (Å²) in [6.07, 6.45) is 1.55. The van der Waals surface area contributed by atoms with Crippen LogP contribution in [0.15, 0.2) is 27.1 Å². The molecule has 3 N–H and O–H groups in total. The summed E-state index contributed by atoms with van der Waals surface area (Å²) in [5.41, 5.74) is 7.05. The van der Waals surface area contributed by atoms with Crippen molar-refractivity contribution in [2.75, 3.05) is 6.61 Å². The number of hydrogen-bond acceptors (Lipinski definition) is 2. The van der Waals surface area contributed by atoms with Crippen LogP contribution in [-0.4, -0.2) is 11.7 Å². The van der Waals surface area contributed by atoms with Gasteiger partial charge in [0.15, 0.2) is 0 Å². The van der Waals surface area contributed by atoms with Crippen molar-refractivity contribution in [3.63, 3.8) is 0 Å². The monoisotopic (exact) mass is 321 g/mol. The number of hydrogen-bond donors (Lipinski definition) is 2. The first-order valence-corrected chi connectivity index (χ1v) is 6.04. The van der Waals surface area contributed by atoms with E-state index in [1.807, 2.05) is 18.2 Å². The number of rotatable bonds is 4. The molecule has 2 nitrogen and oxygen atoms in total. The molecule has 14 heavy (non-hydrogen) atoms. The summed E-state index contributed by atoms with van der Waals surface area (Å²) in [6, 6.07) is 5.98. The molecule has 0 fully saturated rings. The molecule has 4 heteroatoms. The average Bonchev–Trinajstić information content (AvgIpc) is 2.12. The lowest BCUT2D eigenvalue weighted by molar-refractivity contribution is 0.280. The van der Waals surface area contributed by atoms with E-state index in [4.69, 9.17) is 10.8 Å². The molecule has 1 rings (SSSR count). The van der Waals surface area contributed by atoms with E-state index in [0.29, 0.717) is 0 Å². The first-order chi connectivity index (χ1) is 6.63. The van der Waals surface area contributed by atoms with Crippen LogP contribution in [-0.2, 0) is 0 Å². The fourth-order valence-electron chi connectivity index (χ4n) is 1.27. The summed E-state index contributed by atoms with van der Waals surface area (Å²) in [5.74, 6) is 0. The van der Waals surface area contributed by atoms with E-state index in [0.717, 1.165) is 27.4 Å². The van der Waals surface area contributed by atoms with Gasteiger partial charge >= 0.3 is 0 Å². The number of nitrogens with two attached hydrogens (primary N) is 1. The highest BCUT2D eigenvalue weighted by Gasteiger charge is 2.06. The minimum Gasteiger partial charge on any atom is -0.396 e. The minimum absolute atomic E-state index is 0.00375. The molecule has 0 aliphatic carbocycles. The Morgan fingerprint density at radius 3 is 2.29 bits per heavy atom. The van der Waals surface area contributed by atoms with Crippen LogP contribution in [0.4, 0.5) is 0 Å². The maximum absolute atomic E-state index is 8.70. The zero-order valence-electron chi connectivity index (χ0n) is 7.71. The molecule has 0 aliphatic heterocycles. The first-order valence-electron chi connectivity index (χ1n) is 4.46. The predicted octanol–water partition coefficient (Wildman–Crippen LogP) is 2.98. The molecule has 1 atom stereocenters. The number of aliphatic hydroxyl groups is 1. The Morgan fingerprint density at radius 2 is 1.79 bits per heavy atom. The van der Waals surface area contributed by atoms with E-state index in [1.165, 1.54) is 0 Å². The Morgan fingerprint density at radius 1 is 1.21 bits per heavy atom. The largest absolute Gasteiger partial charge is 0.396 e. The summed E-state index contributed by atoms with van der Waals surface area (Å²) < 4.78 is 2.03. The van der Waals surface area contributed by atoms with Gasteiger partial charge in [-0.2, -0.15) is 0 Å². The molecule has 0 amide bonds. The molecular formula is C10H13Br2NO. The number of benzene rings is 1. The van der Waals surface area contributed by atoms with Crippen molar-refractivity contribution in [1.29, 1.82) is 0 Å². The van der Waals surface area contributed by atoms with E-state index in [9.17, 15) is 0 Å². The fraction of sp³-hybridized carbons (Fsp3) is 0.400. The third-order valence-electron chi connectivity index (χ3n) is 1.99. The summed E-state index contributed by atoms with van der Waals surface area (Å²) in [5, 5.41) is 8.70. The van der Waals surface area contributed by atoms with E-state index in [2.05, 4.69) is 31.9 Å². The lowest BCUT2D eigenvalue weighted by atomic mass is 10.0. The molecule has 78 valence electrons. The molecule has 1 aromatic rings. The van der Waals surface area contributed by atoms with E-state index in [1.54, 1.807) is 0 Å². The molecule has 0 heterocycles. The van der Waals surface area contributed by atoms with Gasteiger partial charge in [-0.05, 0) is 36.6 Å². The van der Waals surface area contributed by atoms with Crippen LogP contribution in [0, 0.1) is 0 Å². The lowest BCUT2D eigenvalue weighted by Crippen LogP contribution is -2.10. The molecule has 0 aromatic heterocycles. The van der Waals surface area contributed by atoms with Crippen LogP contribution in [0.3, 0.4) is 0 Å². The standard InChI is InChI=1S/C10H13Br2NO/c11-8-4-7(5-9(12)6-8)10(13)2-1-3-14/h4-6,10,14H,1-3,13H2/t10-/m1/s1. The summed E-state index contributed by atoms with van der Waals surface area (Å²) >= 11 is 6.83. The fourth-order valence-corrected chi connectivity index (χ4v) is 2.60. The van der Waals surface area contributed by atoms with Crippen molar-refractivity contribution >= 4 is 31.9 Å². The number of aliphatic hydroxyl groups excluding tert-OH is 1. The van der Waals surface area contributed by atoms with Crippen LogP contribution in [0.1, 0.15) is 24.4 Å². The van der Waals surface area contributed by atoms with Crippen molar-refractivity contribution in [1.82, 2.24) is 0 Å². The van der Waals surface area contributed by atoms with E-state index in [-0.39, 0.29) is 12.6 Å². The molecule has 0 bridgehead atoms. The van der Waals surface area contributed by atoms with Gasteiger partial charge in [0.05, 0.1) is 0 Å². The average molecular weight is 323 g/mol. The third kappa shape index (κ3) is 3.69. The number of halogens is 2. The summed E-state index contributed by atoms with van der Waals surface area (Å²) in [6.45, 7) is 0.197. The molecule has 0 aliphatic rings. The van der Waals surface area contributed by atoms with Gasteiger partial charge in [-0.1, -0.05) is 31.9 Å². The Kier molecular flexibility index (Phi) is 5.09. The second kappa shape index (κ2) is 5.85. The summed E-state index contributed by atoms with van der Waals surface area (Å²) in [4.78, 5) is 0. The normalized spacial score (nSPS) is 12.9. The van der Waals surface area contributed by atoms with E-state index >= 15 is 0 Å². The Labute approximate surface area is 101 Å². The van der Waals surface area contributed by atoms with Gasteiger partial charge in [-0.3, -0.25) is 0 Å². The molecule has 1 aromatic carbocycles. The third-order valence-corrected chi connectivity index (χ3v) is 2.90. The van der Waals surface area contributed by atoms with Gasteiger partial charge in [-0.25, -0.2) is 0 Å². The van der Waals surface area contributed by atoms with Crippen molar-refractivity contribution in [3.05, 3.63) is 32.7 Å². The lowest BCUT2D eigenvalue weighted by Gasteiger charge is -2.12. The second-order valence-electron chi connectivity index (χ2n) is 3.18. The van der Waals surface area contributed by atoms with Crippen LogP contribution in [0.2, 0.25) is 0 Å². The maximum atomic E-state index is 8.70. The highest BCUT2D eigenvalue weighted by molar-refractivity contribution is 9.11. The zero-order valence-corrected chi connectivity index (χ0v) is 10.9. The van der Waals surface area contributed by atoms with Crippen molar-refractivity contribution < 1.29 is 5.11 Å². The van der Waals surface area contributed by atoms with Gasteiger partial charge in [0.2, 0.25) is 0 Å². The zero-order chi connectivity index (χ0) is 10.6. The molecular weight excluding hydrogens is 310 g/mol. The van der Waals surface area contributed by atoms with Crippen LogP contribution in [0.25, 0.3) is 0 Å². The molecule has 0 unspecified atom stereocenters. The first kappa shape index (κ1) is 12.2. The maximum Gasteiger partial charge on any atom is 0.0431 e. The van der Waals surface area contributed by atoms with Crippen molar-refractivity contribution in [3.8, 4) is 0 Å². The van der Waals surface area contributed by atoms with Gasteiger partial charge in [-0.15, -0.1) is 0 Å². The van der Waals surface area contributed by atoms with Crippen molar-refractivity contribution in [2.24, 2.45) is 5.73 Å². The molecule has 0 saturated carbocycles. The van der Waals surface area contributed by atoms with Crippen LogP contribution in [0.5, 0.6) is 0 Å².